The van der Waals surface area contributed by atoms with E-state index in [9.17, 15) is 14.9 Å². The summed E-state index contributed by atoms with van der Waals surface area (Å²) >= 11 is 0. The minimum absolute atomic E-state index is 0.148. The van der Waals surface area contributed by atoms with Crippen LogP contribution in [0.25, 0.3) is 21.9 Å². The summed E-state index contributed by atoms with van der Waals surface area (Å²) in [5, 5.41) is 13.1. The van der Waals surface area contributed by atoms with Gasteiger partial charge in [0, 0.05) is 17.2 Å². The van der Waals surface area contributed by atoms with Crippen molar-refractivity contribution in [2.75, 3.05) is 14.2 Å². The van der Waals surface area contributed by atoms with Crippen molar-refractivity contribution in [2.24, 2.45) is 0 Å². The molecule has 0 aliphatic heterocycles. The molecular formula is C25H19NO5. The van der Waals surface area contributed by atoms with E-state index < -0.39 is 4.92 Å². The Bertz CT molecular complexity index is 1280. The van der Waals surface area contributed by atoms with Gasteiger partial charge in [-0.2, -0.15) is 0 Å². The lowest BCUT2D eigenvalue weighted by atomic mass is 9.88. The molecule has 0 amide bonds. The maximum absolute atomic E-state index is 13.7. The Morgan fingerprint density at radius 3 is 2.00 bits per heavy atom. The number of ether oxygens (including phenoxy) is 2. The van der Waals surface area contributed by atoms with Crippen molar-refractivity contribution in [1.29, 1.82) is 0 Å². The van der Waals surface area contributed by atoms with Gasteiger partial charge in [-0.3, -0.25) is 14.9 Å². The number of nitro benzene ring substituents is 1. The molecule has 0 aromatic heterocycles. The van der Waals surface area contributed by atoms with E-state index in [4.69, 9.17) is 9.47 Å². The van der Waals surface area contributed by atoms with E-state index in [2.05, 4.69) is 0 Å². The summed E-state index contributed by atoms with van der Waals surface area (Å²) < 4.78 is 10.8. The van der Waals surface area contributed by atoms with Crippen LogP contribution in [0.5, 0.6) is 11.5 Å². The zero-order chi connectivity index (χ0) is 22.0. The van der Waals surface area contributed by atoms with E-state index in [1.807, 2.05) is 12.1 Å². The lowest BCUT2D eigenvalue weighted by Crippen LogP contribution is -2.07. The average Bonchev–Trinajstić information content (AvgIpc) is 2.82. The van der Waals surface area contributed by atoms with Crippen LogP contribution in [0.2, 0.25) is 0 Å². The van der Waals surface area contributed by atoms with Gasteiger partial charge in [-0.05, 0) is 28.5 Å². The Morgan fingerprint density at radius 2 is 1.42 bits per heavy atom. The molecule has 0 unspecified atom stereocenters. The smallest absolute Gasteiger partial charge is 0.278 e. The molecule has 0 aliphatic rings. The highest BCUT2D eigenvalue weighted by molar-refractivity contribution is 6.22. The highest BCUT2D eigenvalue weighted by Crippen LogP contribution is 2.43. The Kier molecular flexibility index (Phi) is 5.37. The first kappa shape index (κ1) is 20.1. The third kappa shape index (κ3) is 3.59. The van der Waals surface area contributed by atoms with E-state index in [-0.39, 0.29) is 22.6 Å². The number of benzene rings is 4. The van der Waals surface area contributed by atoms with E-state index in [0.29, 0.717) is 33.4 Å². The standard InChI is InChI=1S/C25H19NO5/c1-30-21-14-18-13-20(26(28)29)23(16-9-5-3-6-10-16)24(19(18)15-22(21)31-2)25(27)17-11-7-4-8-12-17/h3-15H,1-2H3. The predicted octanol–water partition coefficient (Wildman–Crippen LogP) is 5.66. The molecule has 0 bridgehead atoms. The quantitative estimate of drug-likeness (QED) is 0.231. The molecule has 6 nitrogen and oxygen atoms in total. The average molecular weight is 413 g/mol. The van der Waals surface area contributed by atoms with Crippen molar-refractivity contribution < 1.29 is 19.2 Å². The number of carbonyl (C=O) groups is 1. The zero-order valence-electron chi connectivity index (χ0n) is 17.0. The van der Waals surface area contributed by atoms with Crippen molar-refractivity contribution in [1.82, 2.24) is 0 Å². The fourth-order valence-electron chi connectivity index (χ4n) is 3.72. The molecule has 0 atom stereocenters. The van der Waals surface area contributed by atoms with Crippen LogP contribution in [-0.4, -0.2) is 24.9 Å². The number of fused-ring (bicyclic) bond motifs is 1. The number of hydrogen-bond acceptors (Lipinski definition) is 5. The summed E-state index contributed by atoms with van der Waals surface area (Å²) in [6, 6.07) is 22.5. The lowest BCUT2D eigenvalue weighted by Gasteiger charge is -2.16. The van der Waals surface area contributed by atoms with Crippen LogP contribution in [0.1, 0.15) is 15.9 Å². The largest absolute Gasteiger partial charge is 0.493 e. The van der Waals surface area contributed by atoms with E-state index in [1.165, 1.54) is 20.3 Å². The fraction of sp³-hybridized carbons (Fsp3) is 0.0800. The van der Waals surface area contributed by atoms with Gasteiger partial charge in [0.25, 0.3) is 5.69 Å². The molecule has 0 N–H and O–H groups in total. The third-order valence-corrected chi connectivity index (χ3v) is 5.15. The molecule has 6 heteroatoms. The summed E-state index contributed by atoms with van der Waals surface area (Å²) in [7, 11) is 3.00. The molecule has 0 saturated carbocycles. The second kappa shape index (κ2) is 8.28. The molecule has 0 saturated heterocycles. The number of nitrogens with zero attached hydrogens (tertiary/aromatic N) is 1. The van der Waals surface area contributed by atoms with Gasteiger partial charge >= 0.3 is 0 Å². The first-order chi connectivity index (χ1) is 15.0. The molecule has 0 aliphatic carbocycles. The lowest BCUT2D eigenvalue weighted by molar-refractivity contribution is -0.384. The highest BCUT2D eigenvalue weighted by atomic mass is 16.6. The summed E-state index contributed by atoms with van der Waals surface area (Å²) in [4.78, 5) is 25.3. The molecule has 4 aromatic carbocycles. The molecular weight excluding hydrogens is 394 g/mol. The Labute approximate surface area is 178 Å². The van der Waals surface area contributed by atoms with E-state index in [0.717, 1.165) is 0 Å². The minimum atomic E-state index is -0.458. The molecule has 0 fully saturated rings. The predicted molar refractivity (Wildman–Crippen MR) is 119 cm³/mol. The van der Waals surface area contributed by atoms with Crippen LogP contribution in [-0.2, 0) is 0 Å². The Morgan fingerprint density at radius 1 is 0.839 bits per heavy atom. The maximum atomic E-state index is 13.7. The first-order valence-electron chi connectivity index (χ1n) is 9.57. The SMILES string of the molecule is COc1cc2cc([N+](=O)[O-])c(-c3ccccc3)c(C(=O)c3ccccc3)c2cc1OC. The molecule has 0 spiro atoms. The van der Waals surface area contributed by atoms with Gasteiger partial charge in [0.05, 0.1) is 24.7 Å². The minimum Gasteiger partial charge on any atom is -0.493 e. The zero-order valence-corrected chi connectivity index (χ0v) is 17.0. The summed E-state index contributed by atoms with van der Waals surface area (Å²) in [6.45, 7) is 0. The van der Waals surface area contributed by atoms with Gasteiger partial charge < -0.3 is 9.47 Å². The van der Waals surface area contributed by atoms with Gasteiger partial charge in [-0.1, -0.05) is 60.7 Å². The summed E-state index contributed by atoms with van der Waals surface area (Å²) in [5.74, 6) is 0.556. The van der Waals surface area contributed by atoms with Crippen molar-refractivity contribution in [2.45, 2.75) is 0 Å². The van der Waals surface area contributed by atoms with Crippen molar-refractivity contribution in [3.63, 3.8) is 0 Å². The Balaban J connectivity index is 2.18. The normalized spacial score (nSPS) is 10.6. The van der Waals surface area contributed by atoms with Crippen LogP contribution in [0, 0.1) is 10.1 Å². The second-order valence-corrected chi connectivity index (χ2v) is 6.89. The molecule has 154 valence electrons. The maximum Gasteiger partial charge on any atom is 0.278 e. The van der Waals surface area contributed by atoms with Crippen molar-refractivity contribution in [3.05, 3.63) is 100 Å². The molecule has 31 heavy (non-hydrogen) atoms. The van der Waals surface area contributed by atoms with Gasteiger partial charge in [-0.15, -0.1) is 0 Å². The number of ketones is 1. The third-order valence-electron chi connectivity index (χ3n) is 5.15. The van der Waals surface area contributed by atoms with Crippen LogP contribution in [0.4, 0.5) is 5.69 Å². The topological polar surface area (TPSA) is 78.7 Å². The molecule has 4 aromatic rings. The summed E-state index contributed by atoms with van der Waals surface area (Å²) in [5.41, 5.74) is 1.41. The van der Waals surface area contributed by atoms with Crippen molar-refractivity contribution >= 4 is 22.2 Å². The monoisotopic (exact) mass is 413 g/mol. The summed E-state index contributed by atoms with van der Waals surface area (Å²) in [6.07, 6.45) is 0. The number of carbonyl (C=O) groups excluding carboxylic acids is 1. The Hall–Kier alpha value is -4.19. The van der Waals surface area contributed by atoms with Crippen LogP contribution in [0.15, 0.2) is 78.9 Å². The first-order valence-corrected chi connectivity index (χ1v) is 9.57. The second-order valence-electron chi connectivity index (χ2n) is 6.89. The van der Waals surface area contributed by atoms with E-state index >= 15 is 0 Å². The van der Waals surface area contributed by atoms with Crippen LogP contribution < -0.4 is 9.47 Å². The number of nitro groups is 1. The number of rotatable bonds is 6. The number of methoxy groups -OCH3 is 2. The van der Waals surface area contributed by atoms with Gasteiger partial charge in [-0.25, -0.2) is 0 Å². The van der Waals surface area contributed by atoms with Crippen LogP contribution >= 0.6 is 0 Å². The molecule has 0 radical (unpaired) electrons. The van der Waals surface area contributed by atoms with Crippen molar-refractivity contribution in [3.8, 4) is 22.6 Å². The fourth-order valence-corrected chi connectivity index (χ4v) is 3.72. The highest BCUT2D eigenvalue weighted by Gasteiger charge is 2.28. The van der Waals surface area contributed by atoms with Gasteiger partial charge in [0.2, 0.25) is 0 Å². The van der Waals surface area contributed by atoms with E-state index in [1.54, 1.807) is 60.7 Å². The number of hydrogen-bond donors (Lipinski definition) is 0. The molecule has 0 heterocycles. The van der Waals surface area contributed by atoms with Gasteiger partial charge in [0.15, 0.2) is 17.3 Å². The van der Waals surface area contributed by atoms with Crippen LogP contribution in [0.3, 0.4) is 0 Å². The molecule has 4 rings (SSSR count). The van der Waals surface area contributed by atoms with Gasteiger partial charge in [0.1, 0.15) is 0 Å².